The monoisotopic (exact) mass is 469 g/mol. The maximum atomic E-state index is 13.5. The molecule has 1 aliphatic rings. The van der Waals surface area contributed by atoms with Crippen molar-refractivity contribution in [2.75, 3.05) is 25.9 Å². The molecular formula is C26H23N5O2S. The number of carbonyl (C=O) groups is 1. The molecule has 8 heteroatoms. The molecule has 4 rings (SSSR count). The number of pyridine rings is 1. The highest BCUT2D eigenvalue weighted by atomic mass is 32.2. The van der Waals surface area contributed by atoms with Gasteiger partial charge < -0.3 is 15.4 Å². The Morgan fingerprint density at radius 1 is 1.06 bits per heavy atom. The summed E-state index contributed by atoms with van der Waals surface area (Å²) in [4.78, 5) is 19.7. The van der Waals surface area contributed by atoms with Gasteiger partial charge in [-0.1, -0.05) is 54.2 Å². The molecule has 0 bridgehead atoms. The van der Waals surface area contributed by atoms with Gasteiger partial charge in [-0.3, -0.25) is 4.79 Å². The zero-order valence-corrected chi connectivity index (χ0v) is 19.5. The molecule has 1 amide bonds. The summed E-state index contributed by atoms with van der Waals surface area (Å²) in [5.74, 6) is 0.654. The van der Waals surface area contributed by atoms with E-state index < -0.39 is 5.25 Å². The molecule has 0 saturated carbocycles. The van der Waals surface area contributed by atoms with Crippen LogP contribution in [0.4, 0.5) is 5.82 Å². The van der Waals surface area contributed by atoms with Crippen molar-refractivity contribution < 1.29 is 9.53 Å². The molecular weight excluding hydrogens is 446 g/mol. The number of methoxy groups -OCH3 is 1. The van der Waals surface area contributed by atoms with Gasteiger partial charge in [0.05, 0.1) is 12.7 Å². The van der Waals surface area contributed by atoms with E-state index in [0.29, 0.717) is 35.0 Å². The number of benzene rings is 2. The van der Waals surface area contributed by atoms with Crippen molar-refractivity contribution in [3.05, 3.63) is 71.3 Å². The number of likely N-dealkylation sites (tertiary alicyclic amines) is 1. The smallest absolute Gasteiger partial charge is 0.240 e. The van der Waals surface area contributed by atoms with Crippen LogP contribution in [0, 0.1) is 22.7 Å². The van der Waals surface area contributed by atoms with Crippen molar-refractivity contribution >= 4 is 23.5 Å². The third kappa shape index (κ3) is 4.54. The summed E-state index contributed by atoms with van der Waals surface area (Å²) in [7, 11) is 1.57. The molecule has 2 heterocycles. The second-order valence-electron chi connectivity index (χ2n) is 7.82. The van der Waals surface area contributed by atoms with Crippen LogP contribution in [-0.2, 0) is 4.79 Å². The molecule has 1 saturated heterocycles. The molecule has 34 heavy (non-hydrogen) atoms. The summed E-state index contributed by atoms with van der Waals surface area (Å²) in [6.07, 6.45) is 1.95. The highest BCUT2D eigenvalue weighted by Gasteiger charge is 2.31. The Morgan fingerprint density at radius 2 is 1.71 bits per heavy atom. The number of nitrogens with zero attached hydrogens (tertiary/aromatic N) is 4. The van der Waals surface area contributed by atoms with Crippen molar-refractivity contribution in [3.63, 3.8) is 0 Å². The lowest BCUT2D eigenvalue weighted by Gasteiger charge is -2.24. The number of nitrogen functional groups attached to an aromatic ring is 1. The molecule has 2 aromatic carbocycles. The van der Waals surface area contributed by atoms with E-state index in [1.54, 1.807) is 31.4 Å². The van der Waals surface area contributed by atoms with Gasteiger partial charge in [-0.15, -0.1) is 0 Å². The van der Waals surface area contributed by atoms with Crippen molar-refractivity contribution in [1.82, 2.24) is 9.88 Å². The summed E-state index contributed by atoms with van der Waals surface area (Å²) in [5, 5.41) is 19.7. The number of hydrogen-bond acceptors (Lipinski definition) is 7. The van der Waals surface area contributed by atoms with Crippen molar-refractivity contribution in [2.24, 2.45) is 0 Å². The first-order valence-corrected chi connectivity index (χ1v) is 11.7. The van der Waals surface area contributed by atoms with E-state index in [-0.39, 0.29) is 22.9 Å². The number of aromatic nitrogens is 1. The van der Waals surface area contributed by atoms with Crippen LogP contribution < -0.4 is 10.5 Å². The van der Waals surface area contributed by atoms with Crippen molar-refractivity contribution in [3.8, 4) is 29.0 Å². The van der Waals surface area contributed by atoms with Gasteiger partial charge in [0, 0.05) is 18.7 Å². The van der Waals surface area contributed by atoms with E-state index in [4.69, 9.17) is 10.5 Å². The first-order chi connectivity index (χ1) is 16.6. The number of rotatable bonds is 6. The Hall–Kier alpha value is -4.01. The summed E-state index contributed by atoms with van der Waals surface area (Å²) in [6.45, 7) is 1.43. The van der Waals surface area contributed by atoms with Crippen LogP contribution in [0.1, 0.15) is 34.8 Å². The van der Waals surface area contributed by atoms with Crippen molar-refractivity contribution in [2.45, 2.75) is 23.1 Å². The summed E-state index contributed by atoms with van der Waals surface area (Å²) < 4.78 is 5.23. The second kappa shape index (κ2) is 10.3. The van der Waals surface area contributed by atoms with E-state index >= 15 is 0 Å². The van der Waals surface area contributed by atoms with E-state index in [9.17, 15) is 15.3 Å². The fourth-order valence-electron chi connectivity index (χ4n) is 4.03. The van der Waals surface area contributed by atoms with Crippen LogP contribution in [0.25, 0.3) is 11.1 Å². The van der Waals surface area contributed by atoms with E-state index in [2.05, 4.69) is 17.1 Å². The van der Waals surface area contributed by atoms with E-state index in [1.165, 1.54) is 11.8 Å². The molecule has 7 nitrogen and oxygen atoms in total. The Kier molecular flexibility index (Phi) is 7.01. The van der Waals surface area contributed by atoms with E-state index in [1.807, 2.05) is 35.2 Å². The van der Waals surface area contributed by atoms with Crippen LogP contribution >= 0.6 is 11.8 Å². The molecule has 1 fully saturated rings. The predicted octanol–water partition coefficient (Wildman–Crippen LogP) is 4.54. The molecule has 3 aromatic rings. The van der Waals surface area contributed by atoms with Crippen LogP contribution in [0.15, 0.2) is 59.6 Å². The van der Waals surface area contributed by atoms with Gasteiger partial charge in [-0.25, -0.2) is 4.98 Å². The first kappa shape index (κ1) is 23.2. The number of nitriles is 2. The zero-order chi connectivity index (χ0) is 24.1. The van der Waals surface area contributed by atoms with Gasteiger partial charge in [-0.2, -0.15) is 10.5 Å². The molecule has 2 N–H and O–H groups in total. The quantitative estimate of drug-likeness (QED) is 0.527. The van der Waals surface area contributed by atoms with Crippen LogP contribution in [-0.4, -0.2) is 36.0 Å². The third-order valence-electron chi connectivity index (χ3n) is 5.77. The van der Waals surface area contributed by atoms with Gasteiger partial charge in [0.2, 0.25) is 5.91 Å². The largest absolute Gasteiger partial charge is 0.497 e. The molecule has 1 aliphatic heterocycles. The number of nitrogens with two attached hydrogens (primary N) is 1. The highest BCUT2D eigenvalue weighted by Crippen LogP contribution is 2.42. The number of ether oxygens (including phenoxy) is 1. The lowest BCUT2D eigenvalue weighted by Crippen LogP contribution is -2.31. The summed E-state index contributed by atoms with van der Waals surface area (Å²) >= 11 is 1.20. The number of anilines is 1. The number of thioether (sulfide) groups is 1. The van der Waals surface area contributed by atoms with Gasteiger partial charge in [0.1, 0.15) is 39.5 Å². The minimum atomic E-state index is -0.588. The maximum Gasteiger partial charge on any atom is 0.240 e. The minimum Gasteiger partial charge on any atom is -0.497 e. The topological polar surface area (TPSA) is 116 Å². The fourth-order valence-corrected chi connectivity index (χ4v) is 5.22. The molecule has 1 unspecified atom stereocenters. The lowest BCUT2D eigenvalue weighted by molar-refractivity contribution is -0.129. The maximum absolute atomic E-state index is 13.5. The predicted molar refractivity (Wildman–Crippen MR) is 131 cm³/mol. The van der Waals surface area contributed by atoms with Crippen LogP contribution in [0.3, 0.4) is 0 Å². The summed E-state index contributed by atoms with van der Waals surface area (Å²) in [5.41, 5.74) is 8.41. The highest BCUT2D eigenvalue weighted by molar-refractivity contribution is 8.00. The van der Waals surface area contributed by atoms with Gasteiger partial charge in [0.25, 0.3) is 0 Å². The molecule has 0 spiro atoms. The molecule has 0 radical (unpaired) electrons. The first-order valence-electron chi connectivity index (χ1n) is 10.9. The Bertz CT molecular complexity index is 1270. The van der Waals surface area contributed by atoms with Crippen LogP contribution in [0.5, 0.6) is 5.75 Å². The normalized spacial score (nSPS) is 13.7. The minimum absolute atomic E-state index is 0.0201. The average molecular weight is 470 g/mol. The Morgan fingerprint density at radius 3 is 2.29 bits per heavy atom. The lowest BCUT2D eigenvalue weighted by atomic mass is 9.97. The van der Waals surface area contributed by atoms with Gasteiger partial charge in [-0.05, 0) is 36.1 Å². The number of carbonyl (C=O) groups excluding carboxylic acids is 1. The van der Waals surface area contributed by atoms with E-state index in [0.717, 1.165) is 18.4 Å². The number of amides is 1. The molecule has 1 atom stereocenters. The Balaban J connectivity index is 1.84. The van der Waals surface area contributed by atoms with Crippen LogP contribution in [0.2, 0.25) is 0 Å². The third-order valence-corrected chi connectivity index (χ3v) is 7.00. The second-order valence-corrected chi connectivity index (χ2v) is 8.91. The summed E-state index contributed by atoms with van der Waals surface area (Å²) in [6, 6.07) is 20.8. The molecule has 1 aromatic heterocycles. The van der Waals surface area contributed by atoms with Crippen molar-refractivity contribution in [1.29, 1.82) is 10.5 Å². The SMILES string of the molecule is COc1ccc(-c2c(C#N)c(N)nc(SC(C(=O)N3CCCC3)c3ccccc3)c2C#N)cc1. The number of hydrogen-bond donors (Lipinski definition) is 1. The molecule has 0 aliphatic carbocycles. The van der Waals surface area contributed by atoms with Gasteiger partial charge in [0.15, 0.2) is 0 Å². The van der Waals surface area contributed by atoms with Gasteiger partial charge >= 0.3 is 0 Å². The Labute approximate surface area is 202 Å². The average Bonchev–Trinajstić information content (AvgIpc) is 3.42. The molecule has 170 valence electrons. The zero-order valence-electron chi connectivity index (χ0n) is 18.7. The fraction of sp³-hybridized carbons (Fsp3) is 0.231. The standard InChI is InChI=1S/C26H23N5O2S/c1-33-19-11-9-17(10-12-19)22-20(15-27)24(29)30-25(21(22)16-28)34-23(18-7-3-2-4-8-18)26(32)31-13-5-6-14-31/h2-4,7-12,23H,5-6,13-14H2,1H3,(H2,29,30).